The van der Waals surface area contributed by atoms with E-state index in [0.29, 0.717) is 5.82 Å². The predicted molar refractivity (Wildman–Crippen MR) is 110 cm³/mol. The van der Waals surface area contributed by atoms with E-state index in [1.807, 2.05) is 37.0 Å². The van der Waals surface area contributed by atoms with E-state index in [4.69, 9.17) is 0 Å². The summed E-state index contributed by atoms with van der Waals surface area (Å²) >= 11 is 0. The lowest BCUT2D eigenvalue weighted by molar-refractivity contribution is -0.117. The van der Waals surface area contributed by atoms with E-state index in [1.165, 1.54) is 0 Å². The Morgan fingerprint density at radius 3 is 2.75 bits per heavy atom. The Bertz CT molecular complexity index is 1220. The number of hydrogen-bond donors (Lipinski definition) is 2. The van der Waals surface area contributed by atoms with Crippen molar-refractivity contribution in [3.8, 4) is 11.1 Å². The molecule has 0 saturated heterocycles. The Balaban J connectivity index is 1.71. The molecule has 5 rings (SSSR count). The monoisotopic (exact) mass is 372 g/mol. The molecule has 0 aromatic carbocycles. The first-order valence-corrected chi connectivity index (χ1v) is 9.33. The highest BCUT2D eigenvalue weighted by Gasteiger charge is 2.30. The van der Waals surface area contributed by atoms with Crippen LogP contribution in [0.4, 0.5) is 11.6 Å². The highest BCUT2D eigenvalue weighted by molar-refractivity contribution is 6.08. The SMILES string of the molecule is CNc1ncc(-c2cn(C)c3ncccc23)c2cc(NC(=O)C3CC3)ncc12. The van der Waals surface area contributed by atoms with Crippen LogP contribution in [0.5, 0.6) is 0 Å². The van der Waals surface area contributed by atoms with Gasteiger partial charge in [0.1, 0.15) is 17.3 Å². The van der Waals surface area contributed by atoms with Crippen LogP contribution in [0.25, 0.3) is 32.9 Å². The van der Waals surface area contributed by atoms with Crippen molar-refractivity contribution in [3.63, 3.8) is 0 Å². The molecule has 7 heteroatoms. The first-order valence-electron chi connectivity index (χ1n) is 9.33. The Hall–Kier alpha value is -3.48. The van der Waals surface area contributed by atoms with Crippen LogP contribution >= 0.6 is 0 Å². The molecule has 1 aliphatic carbocycles. The molecule has 4 aromatic rings. The maximum absolute atomic E-state index is 12.2. The number of carbonyl (C=O) groups is 1. The summed E-state index contributed by atoms with van der Waals surface area (Å²) in [6.07, 6.45) is 9.41. The second-order valence-electron chi connectivity index (χ2n) is 7.18. The molecule has 1 saturated carbocycles. The van der Waals surface area contributed by atoms with Gasteiger partial charge in [-0.3, -0.25) is 4.79 Å². The smallest absolute Gasteiger partial charge is 0.228 e. The van der Waals surface area contributed by atoms with E-state index < -0.39 is 0 Å². The Labute approximate surface area is 161 Å². The van der Waals surface area contributed by atoms with Gasteiger partial charge >= 0.3 is 0 Å². The Morgan fingerprint density at radius 1 is 1.11 bits per heavy atom. The van der Waals surface area contributed by atoms with Crippen LogP contribution in [-0.2, 0) is 11.8 Å². The molecule has 4 aromatic heterocycles. The number of hydrogen-bond acceptors (Lipinski definition) is 5. The quantitative estimate of drug-likeness (QED) is 0.572. The molecular weight excluding hydrogens is 352 g/mol. The average Bonchev–Trinajstić information content (AvgIpc) is 3.52. The van der Waals surface area contributed by atoms with Gasteiger partial charge in [-0.1, -0.05) is 0 Å². The second kappa shape index (κ2) is 6.30. The number of aromatic nitrogens is 4. The molecule has 7 nitrogen and oxygen atoms in total. The molecule has 1 amide bonds. The number of fused-ring (bicyclic) bond motifs is 2. The molecular formula is C21H20N6O. The van der Waals surface area contributed by atoms with Crippen LogP contribution < -0.4 is 10.6 Å². The van der Waals surface area contributed by atoms with Crippen molar-refractivity contribution in [3.05, 3.63) is 43.0 Å². The number of nitrogens with one attached hydrogen (secondary N) is 2. The summed E-state index contributed by atoms with van der Waals surface area (Å²) in [7, 11) is 3.82. The van der Waals surface area contributed by atoms with E-state index in [9.17, 15) is 4.79 Å². The average molecular weight is 372 g/mol. The van der Waals surface area contributed by atoms with Crippen molar-refractivity contribution in [1.82, 2.24) is 19.5 Å². The van der Waals surface area contributed by atoms with Crippen molar-refractivity contribution in [2.75, 3.05) is 17.7 Å². The number of carbonyl (C=O) groups excluding carboxylic acids is 1. The Kier molecular flexibility index (Phi) is 3.75. The van der Waals surface area contributed by atoms with Gasteiger partial charge in [-0.25, -0.2) is 15.0 Å². The van der Waals surface area contributed by atoms with Gasteiger partial charge in [-0.2, -0.15) is 0 Å². The first kappa shape index (κ1) is 16.7. The summed E-state index contributed by atoms with van der Waals surface area (Å²) in [4.78, 5) is 25.7. The molecule has 0 unspecified atom stereocenters. The van der Waals surface area contributed by atoms with Gasteiger partial charge in [0.15, 0.2) is 0 Å². The maximum atomic E-state index is 12.2. The van der Waals surface area contributed by atoms with E-state index in [1.54, 1.807) is 12.4 Å². The predicted octanol–water partition coefficient (Wildman–Crippen LogP) is 3.57. The zero-order valence-corrected chi connectivity index (χ0v) is 15.7. The minimum Gasteiger partial charge on any atom is -0.373 e. The van der Waals surface area contributed by atoms with Crippen LogP contribution in [0.1, 0.15) is 12.8 Å². The molecule has 0 radical (unpaired) electrons. The number of pyridine rings is 3. The van der Waals surface area contributed by atoms with Crippen molar-refractivity contribution >= 4 is 39.3 Å². The molecule has 4 heterocycles. The fraction of sp³-hybridized carbons (Fsp3) is 0.238. The summed E-state index contributed by atoms with van der Waals surface area (Å²) < 4.78 is 2.01. The van der Waals surface area contributed by atoms with Crippen molar-refractivity contribution in [1.29, 1.82) is 0 Å². The molecule has 1 fully saturated rings. The maximum Gasteiger partial charge on any atom is 0.228 e. The number of rotatable bonds is 4. The van der Waals surface area contributed by atoms with Crippen molar-refractivity contribution in [2.24, 2.45) is 13.0 Å². The van der Waals surface area contributed by atoms with Crippen LogP contribution in [-0.4, -0.2) is 32.5 Å². The van der Waals surface area contributed by atoms with Crippen LogP contribution in [0.15, 0.2) is 43.0 Å². The van der Waals surface area contributed by atoms with Gasteiger partial charge in [0, 0.05) is 72.1 Å². The van der Waals surface area contributed by atoms with E-state index in [2.05, 4.69) is 37.8 Å². The standard InChI is InChI=1S/C21H20N6O/c1-22-19-16-10-24-18(26-21(28)12-5-6-12)8-14(16)15(9-25-19)17-11-27(2)20-13(17)4-3-7-23-20/h3-4,7-12H,5-6H2,1-2H3,(H,22,25)(H,24,26,28). The van der Waals surface area contributed by atoms with E-state index >= 15 is 0 Å². The third-order valence-corrected chi connectivity index (χ3v) is 5.23. The Morgan fingerprint density at radius 2 is 1.96 bits per heavy atom. The highest BCUT2D eigenvalue weighted by atomic mass is 16.2. The normalized spacial score (nSPS) is 13.8. The first-order chi connectivity index (χ1) is 13.7. The molecule has 0 atom stereocenters. The molecule has 0 bridgehead atoms. The van der Waals surface area contributed by atoms with Gasteiger partial charge < -0.3 is 15.2 Å². The van der Waals surface area contributed by atoms with E-state index in [-0.39, 0.29) is 11.8 Å². The molecule has 28 heavy (non-hydrogen) atoms. The van der Waals surface area contributed by atoms with Gasteiger partial charge in [0.2, 0.25) is 5.91 Å². The third kappa shape index (κ3) is 2.67. The second-order valence-corrected chi connectivity index (χ2v) is 7.18. The highest BCUT2D eigenvalue weighted by Crippen LogP contribution is 2.37. The fourth-order valence-electron chi connectivity index (χ4n) is 3.62. The number of amides is 1. The van der Waals surface area contributed by atoms with Crippen molar-refractivity contribution < 1.29 is 4.79 Å². The number of anilines is 2. The molecule has 2 N–H and O–H groups in total. The van der Waals surface area contributed by atoms with Crippen LogP contribution in [0, 0.1) is 5.92 Å². The summed E-state index contributed by atoms with van der Waals surface area (Å²) in [5.74, 6) is 1.50. The molecule has 0 aliphatic heterocycles. The van der Waals surface area contributed by atoms with Crippen molar-refractivity contribution in [2.45, 2.75) is 12.8 Å². The summed E-state index contributed by atoms with van der Waals surface area (Å²) in [6.45, 7) is 0. The number of nitrogens with zero attached hydrogens (tertiary/aromatic N) is 4. The minimum absolute atomic E-state index is 0.0469. The topological polar surface area (TPSA) is 84.7 Å². The summed E-state index contributed by atoms with van der Waals surface area (Å²) in [5, 5.41) is 9.02. The fourth-order valence-corrected chi connectivity index (χ4v) is 3.62. The molecule has 140 valence electrons. The van der Waals surface area contributed by atoms with Gasteiger partial charge in [-0.15, -0.1) is 0 Å². The third-order valence-electron chi connectivity index (χ3n) is 5.23. The van der Waals surface area contributed by atoms with Crippen LogP contribution in [0.3, 0.4) is 0 Å². The number of aryl methyl sites for hydroxylation is 1. The molecule has 1 aliphatic rings. The zero-order chi connectivity index (χ0) is 19.3. The minimum atomic E-state index is 0.0469. The lowest BCUT2D eigenvalue weighted by Gasteiger charge is -2.11. The lowest BCUT2D eigenvalue weighted by Crippen LogP contribution is -2.14. The zero-order valence-electron chi connectivity index (χ0n) is 15.7. The largest absolute Gasteiger partial charge is 0.373 e. The van der Waals surface area contributed by atoms with Gasteiger partial charge in [-0.05, 0) is 31.0 Å². The summed E-state index contributed by atoms with van der Waals surface area (Å²) in [6, 6.07) is 5.93. The van der Waals surface area contributed by atoms with Crippen LogP contribution in [0.2, 0.25) is 0 Å². The van der Waals surface area contributed by atoms with Gasteiger partial charge in [0.25, 0.3) is 0 Å². The van der Waals surface area contributed by atoms with Gasteiger partial charge in [0.05, 0.1) is 0 Å². The van der Waals surface area contributed by atoms with E-state index in [0.717, 1.165) is 51.6 Å². The molecule has 0 spiro atoms. The lowest BCUT2D eigenvalue weighted by atomic mass is 10.0. The summed E-state index contributed by atoms with van der Waals surface area (Å²) in [5.41, 5.74) is 2.95.